The summed E-state index contributed by atoms with van der Waals surface area (Å²) in [7, 11) is 13.4. The molecule has 1 saturated heterocycles. The van der Waals surface area contributed by atoms with Crippen LogP contribution in [0.1, 0.15) is 25.7 Å². The zero-order chi connectivity index (χ0) is 8.53. The van der Waals surface area contributed by atoms with Crippen molar-refractivity contribution >= 4 is 30.4 Å². The average Bonchev–Trinajstić information content (AvgIpc) is 2.13. The predicted octanol–water partition coefficient (Wildman–Crippen LogP) is -5.03. The van der Waals surface area contributed by atoms with Crippen LogP contribution < -0.4 is 5.32 Å². The molecule has 0 bridgehead atoms. The predicted molar refractivity (Wildman–Crippen MR) is 85.0 cm³/mol. The Morgan fingerprint density at radius 3 is 0.857 bits per heavy atom. The van der Waals surface area contributed by atoms with Gasteiger partial charge in [-0.05, 0) is 25.9 Å². The minimum atomic E-state index is -1.19. The topological polar surface area (TPSA) is 327 Å². The fourth-order valence-corrected chi connectivity index (χ4v) is 0.979. The molecule has 1 rings (SSSR count). The van der Waals surface area contributed by atoms with Crippen LogP contribution in [0.5, 0.6) is 0 Å². The van der Waals surface area contributed by atoms with Gasteiger partial charge in [0.05, 0.1) is 0 Å². The number of halogens is 3. The first kappa shape index (κ1) is 80.4. The van der Waals surface area contributed by atoms with Gasteiger partial charge in [-0.25, -0.2) is 0 Å². The normalized spacial score (nSPS) is 10.1. The standard InChI is InChI=1S/C6H13N.3ClH.Co.10H2O/c1-2-4-6-7-5-3-1;;;;;;;;;;;;;;/h7H,1-6H2;3*1H;;10*1H2/q;;;;+3;;;;;;;;;;/p-3. The van der Waals surface area contributed by atoms with Crippen molar-refractivity contribution in [3.8, 4) is 0 Å². The Kier molecular flexibility index (Phi) is 266. The molecule has 0 radical (unpaired) electrons. The van der Waals surface area contributed by atoms with Gasteiger partial charge in [0.15, 0.2) is 0 Å². The van der Waals surface area contributed by atoms with E-state index in [1.165, 1.54) is 38.8 Å². The molecule has 0 unspecified atom stereocenters. The van der Waals surface area contributed by atoms with Gasteiger partial charge in [0.1, 0.15) is 0 Å². The Hall–Kier alpha value is 0.936. The molecule has 0 aromatic rings. The van der Waals surface area contributed by atoms with Gasteiger partial charge in [-0.3, -0.25) is 0 Å². The molecule has 1 aliphatic rings. The Balaban J connectivity index is -0.00000000752. The number of rotatable bonds is 0. The van der Waals surface area contributed by atoms with Gasteiger partial charge in [-0.1, -0.05) is 12.8 Å². The molecule has 1 heterocycles. The summed E-state index contributed by atoms with van der Waals surface area (Å²) in [4.78, 5) is 0. The Morgan fingerprint density at radius 2 is 0.667 bits per heavy atom. The van der Waals surface area contributed by atoms with Crippen LogP contribution in [-0.4, -0.2) is 67.9 Å². The maximum absolute atomic E-state index is 4.87. The summed E-state index contributed by atoms with van der Waals surface area (Å²) in [6.07, 6.45) is 5.65. The summed E-state index contributed by atoms with van der Waals surface area (Å²) in [5.74, 6) is 0. The van der Waals surface area contributed by atoms with Gasteiger partial charge in [-0.2, -0.15) is 0 Å². The van der Waals surface area contributed by atoms with E-state index in [0.717, 1.165) is 0 Å². The zero-order valence-electron chi connectivity index (χ0n) is 11.2. The zero-order valence-corrected chi connectivity index (χ0v) is 14.5. The molecular weight excluding hydrogens is 411 g/mol. The molecule has 1 aliphatic heterocycles. The van der Waals surface area contributed by atoms with E-state index >= 15 is 0 Å². The Bertz CT molecular complexity index is 80.8. The summed E-state index contributed by atoms with van der Waals surface area (Å²) in [6.45, 7) is 2.50. The van der Waals surface area contributed by atoms with E-state index in [-0.39, 0.29) is 54.8 Å². The van der Waals surface area contributed by atoms with E-state index < -0.39 is 10.9 Å². The van der Waals surface area contributed by atoms with Crippen molar-refractivity contribution in [3.05, 3.63) is 0 Å². The molecule has 0 aromatic heterocycles. The third-order valence-electron chi connectivity index (χ3n) is 1.46. The number of nitrogens with one attached hydrogen (secondary N) is 1. The first-order valence-corrected chi connectivity index (χ1v) is 7.88. The third kappa shape index (κ3) is 119. The van der Waals surface area contributed by atoms with Crippen molar-refractivity contribution in [2.75, 3.05) is 13.1 Å². The van der Waals surface area contributed by atoms with Crippen molar-refractivity contribution in [1.29, 1.82) is 0 Å². The maximum atomic E-state index is 4.87. The average molecular weight is 445 g/mol. The van der Waals surface area contributed by atoms with E-state index in [1.54, 1.807) is 0 Å². The molecule has 0 saturated carbocycles. The summed E-state index contributed by atoms with van der Waals surface area (Å²) < 4.78 is 0. The van der Waals surface area contributed by atoms with E-state index in [2.05, 4.69) is 5.32 Å². The molecule has 11 nitrogen and oxygen atoms in total. The summed E-state index contributed by atoms with van der Waals surface area (Å²) in [6, 6.07) is 0. The molecule has 21 N–H and O–H groups in total. The fourth-order valence-electron chi connectivity index (χ4n) is 0.979. The second-order valence-electron chi connectivity index (χ2n) is 2.31. The van der Waals surface area contributed by atoms with Crippen LogP contribution in [0.3, 0.4) is 0 Å². The van der Waals surface area contributed by atoms with E-state index in [4.69, 9.17) is 30.4 Å². The van der Waals surface area contributed by atoms with Crippen LogP contribution in [0.2, 0.25) is 0 Å². The second kappa shape index (κ2) is 69.6. The quantitative estimate of drug-likeness (QED) is 0.376. The molecule has 15 heteroatoms. The monoisotopic (exact) mass is 443 g/mol. The number of hydrogen-bond acceptors (Lipinski definition) is 1. The van der Waals surface area contributed by atoms with Crippen molar-refractivity contribution < 1.29 is 65.7 Å². The third-order valence-corrected chi connectivity index (χ3v) is 1.46. The Labute approximate surface area is 140 Å². The van der Waals surface area contributed by atoms with Crippen LogP contribution in [0.25, 0.3) is 0 Å². The van der Waals surface area contributed by atoms with Crippen LogP contribution in [0.4, 0.5) is 0 Å². The van der Waals surface area contributed by atoms with Gasteiger partial charge >= 0.3 is 41.4 Å². The molecule has 1 fully saturated rings. The summed E-state index contributed by atoms with van der Waals surface area (Å²) in [5.41, 5.74) is 0. The molecule has 0 aliphatic carbocycles. The molecule has 0 aromatic carbocycles. The van der Waals surface area contributed by atoms with Crippen LogP contribution in [0, 0.1) is 0 Å². The molecule has 0 amide bonds. The van der Waals surface area contributed by atoms with Crippen LogP contribution >= 0.6 is 30.4 Å². The van der Waals surface area contributed by atoms with E-state index in [0.29, 0.717) is 0 Å². The van der Waals surface area contributed by atoms with Crippen LogP contribution in [0.15, 0.2) is 0 Å². The molecule has 152 valence electrons. The molecule has 0 spiro atoms. The molecule has 0 atom stereocenters. The van der Waals surface area contributed by atoms with E-state index in [1.807, 2.05) is 0 Å². The first-order chi connectivity index (χ1) is 5.23. The van der Waals surface area contributed by atoms with Gasteiger partial charge in [-0.15, -0.1) is 0 Å². The second-order valence-corrected chi connectivity index (χ2v) is 7.47. The van der Waals surface area contributed by atoms with Crippen molar-refractivity contribution in [1.82, 2.24) is 5.32 Å². The van der Waals surface area contributed by atoms with Crippen molar-refractivity contribution in [2.24, 2.45) is 0 Å². The minimum absolute atomic E-state index is 0. The van der Waals surface area contributed by atoms with Gasteiger partial charge in [0, 0.05) is 0 Å². The fraction of sp³-hybridized carbons (Fsp3) is 1.00. The van der Waals surface area contributed by atoms with Crippen molar-refractivity contribution in [3.63, 3.8) is 0 Å². The van der Waals surface area contributed by atoms with E-state index in [9.17, 15) is 0 Å². The summed E-state index contributed by atoms with van der Waals surface area (Å²) in [5, 5.41) is 3.35. The first-order valence-electron chi connectivity index (χ1n) is 3.59. The Morgan fingerprint density at radius 1 is 0.476 bits per heavy atom. The summed E-state index contributed by atoms with van der Waals surface area (Å²) >= 11 is 0. The van der Waals surface area contributed by atoms with Crippen molar-refractivity contribution in [2.45, 2.75) is 25.7 Å². The van der Waals surface area contributed by atoms with Gasteiger partial charge < -0.3 is 60.1 Å². The van der Waals surface area contributed by atoms with Gasteiger partial charge in [0.25, 0.3) is 0 Å². The SMILES string of the molecule is C1CCCNCC1.O.O.O.O.O.O.O.O.O.O.[Cl][Co]([Cl])[Cl]. The van der Waals surface area contributed by atoms with Crippen LogP contribution in [-0.2, 0) is 10.9 Å². The molecule has 21 heavy (non-hydrogen) atoms. The molecular formula is C6H33Cl3CoNO10. The van der Waals surface area contributed by atoms with Gasteiger partial charge in [0.2, 0.25) is 0 Å². The number of hydrogen-bond donors (Lipinski definition) is 1.